The second-order valence-electron chi connectivity index (χ2n) is 6.68. The molecule has 0 bridgehead atoms. The molecule has 0 spiro atoms. The van der Waals surface area contributed by atoms with Crippen molar-refractivity contribution in [1.82, 2.24) is 20.3 Å². The Kier molecular flexibility index (Phi) is 3.56. The molecule has 0 aromatic carbocycles. The summed E-state index contributed by atoms with van der Waals surface area (Å²) in [4.78, 5) is 24.6. The molecule has 0 aliphatic heterocycles. The number of aromatic nitrogens is 3. The molecule has 0 radical (unpaired) electrons. The highest BCUT2D eigenvalue weighted by Gasteiger charge is 2.26. The van der Waals surface area contributed by atoms with Gasteiger partial charge in [-0.2, -0.15) is 0 Å². The average Bonchev–Trinajstić information content (AvgIpc) is 3.33. The fraction of sp³-hybridized carbons (Fsp3) is 0.588. The van der Waals surface area contributed by atoms with Crippen LogP contribution in [0.4, 0.5) is 0 Å². The number of amides is 1. The minimum Gasteiger partial charge on any atom is -0.352 e. The van der Waals surface area contributed by atoms with Gasteiger partial charge in [0.15, 0.2) is 5.65 Å². The monoisotopic (exact) mass is 298 g/mol. The van der Waals surface area contributed by atoms with Crippen LogP contribution in [0.2, 0.25) is 0 Å². The molecular formula is C17H22N4O. The largest absolute Gasteiger partial charge is 0.352 e. The zero-order valence-corrected chi connectivity index (χ0v) is 12.8. The van der Waals surface area contributed by atoms with Gasteiger partial charge in [-0.15, -0.1) is 0 Å². The van der Waals surface area contributed by atoms with Crippen molar-refractivity contribution in [2.75, 3.05) is 6.54 Å². The molecule has 0 atom stereocenters. The van der Waals surface area contributed by atoms with E-state index in [1.807, 2.05) is 6.20 Å². The number of rotatable bonds is 4. The Labute approximate surface area is 129 Å². The topological polar surface area (TPSA) is 70.7 Å². The molecule has 4 rings (SSSR count). The van der Waals surface area contributed by atoms with E-state index in [4.69, 9.17) is 0 Å². The Hall–Kier alpha value is -1.91. The van der Waals surface area contributed by atoms with Gasteiger partial charge in [-0.05, 0) is 31.6 Å². The molecule has 22 heavy (non-hydrogen) atoms. The molecule has 2 aliphatic rings. The fourth-order valence-electron chi connectivity index (χ4n) is 3.38. The highest BCUT2D eigenvalue weighted by atomic mass is 16.1. The van der Waals surface area contributed by atoms with Crippen LogP contribution in [0, 0.1) is 5.92 Å². The van der Waals surface area contributed by atoms with Gasteiger partial charge in [0.2, 0.25) is 0 Å². The van der Waals surface area contributed by atoms with Crippen molar-refractivity contribution < 1.29 is 4.79 Å². The number of fused-ring (bicyclic) bond motifs is 1. The Morgan fingerprint density at radius 3 is 2.82 bits per heavy atom. The first-order valence-corrected chi connectivity index (χ1v) is 8.43. The average molecular weight is 298 g/mol. The summed E-state index contributed by atoms with van der Waals surface area (Å²) in [6.07, 6.45) is 12.3. The van der Waals surface area contributed by atoms with Gasteiger partial charge >= 0.3 is 0 Å². The summed E-state index contributed by atoms with van der Waals surface area (Å²) in [5, 5.41) is 3.08. The van der Waals surface area contributed by atoms with Crippen molar-refractivity contribution in [3.63, 3.8) is 0 Å². The van der Waals surface area contributed by atoms with Gasteiger partial charge < -0.3 is 10.3 Å². The van der Waals surface area contributed by atoms with E-state index in [0.29, 0.717) is 28.6 Å². The SMILES string of the molecule is O=C(NCC1CCCCC1)c1c[nH]c2ncc(C3CC3)nc12. The predicted octanol–water partition coefficient (Wildman–Crippen LogP) is 3.15. The normalized spacial score (nSPS) is 19.5. The van der Waals surface area contributed by atoms with Crippen LogP contribution in [0.15, 0.2) is 12.4 Å². The van der Waals surface area contributed by atoms with Crippen LogP contribution in [0.25, 0.3) is 11.2 Å². The van der Waals surface area contributed by atoms with Crippen LogP contribution >= 0.6 is 0 Å². The number of carbonyl (C=O) groups is 1. The van der Waals surface area contributed by atoms with Crippen molar-refractivity contribution in [1.29, 1.82) is 0 Å². The maximum absolute atomic E-state index is 12.5. The molecule has 5 heteroatoms. The molecule has 2 saturated carbocycles. The second-order valence-corrected chi connectivity index (χ2v) is 6.68. The molecule has 0 unspecified atom stereocenters. The van der Waals surface area contributed by atoms with Crippen LogP contribution in [-0.2, 0) is 0 Å². The van der Waals surface area contributed by atoms with Crippen LogP contribution in [0.1, 0.15) is 66.9 Å². The number of nitrogens with one attached hydrogen (secondary N) is 2. The Morgan fingerprint density at radius 2 is 2.05 bits per heavy atom. The number of carbonyl (C=O) groups excluding carboxylic acids is 1. The van der Waals surface area contributed by atoms with Crippen molar-refractivity contribution >= 4 is 17.1 Å². The van der Waals surface area contributed by atoms with E-state index in [1.165, 1.54) is 44.9 Å². The molecule has 1 amide bonds. The third-order valence-corrected chi connectivity index (χ3v) is 4.92. The number of aromatic amines is 1. The van der Waals surface area contributed by atoms with E-state index in [2.05, 4.69) is 20.3 Å². The maximum Gasteiger partial charge on any atom is 0.255 e. The highest BCUT2D eigenvalue weighted by Crippen LogP contribution is 2.39. The smallest absolute Gasteiger partial charge is 0.255 e. The fourth-order valence-corrected chi connectivity index (χ4v) is 3.38. The molecule has 2 N–H and O–H groups in total. The van der Waals surface area contributed by atoms with E-state index >= 15 is 0 Å². The molecule has 2 heterocycles. The van der Waals surface area contributed by atoms with Gasteiger partial charge in [-0.3, -0.25) is 4.79 Å². The lowest BCUT2D eigenvalue weighted by Crippen LogP contribution is -2.30. The van der Waals surface area contributed by atoms with Crippen LogP contribution in [-0.4, -0.2) is 27.4 Å². The summed E-state index contributed by atoms with van der Waals surface area (Å²) in [6, 6.07) is 0. The van der Waals surface area contributed by atoms with Crippen molar-refractivity contribution in [2.24, 2.45) is 5.92 Å². The van der Waals surface area contributed by atoms with Crippen molar-refractivity contribution in [3.8, 4) is 0 Å². The third kappa shape index (κ3) is 2.72. The summed E-state index contributed by atoms with van der Waals surface area (Å²) < 4.78 is 0. The Balaban J connectivity index is 1.49. The molecule has 2 aromatic heterocycles. The minimum absolute atomic E-state index is 0.0286. The minimum atomic E-state index is -0.0286. The molecule has 116 valence electrons. The van der Waals surface area contributed by atoms with Gasteiger partial charge in [0, 0.05) is 18.7 Å². The quantitative estimate of drug-likeness (QED) is 0.911. The molecule has 2 fully saturated rings. The van der Waals surface area contributed by atoms with Gasteiger partial charge in [0.25, 0.3) is 5.91 Å². The molecular weight excluding hydrogens is 276 g/mol. The van der Waals surface area contributed by atoms with Crippen molar-refractivity contribution in [3.05, 3.63) is 23.7 Å². The molecule has 2 aliphatic carbocycles. The predicted molar refractivity (Wildman–Crippen MR) is 84.8 cm³/mol. The zero-order valence-electron chi connectivity index (χ0n) is 12.8. The van der Waals surface area contributed by atoms with E-state index < -0.39 is 0 Å². The zero-order chi connectivity index (χ0) is 14.9. The first kappa shape index (κ1) is 13.7. The van der Waals surface area contributed by atoms with Crippen LogP contribution < -0.4 is 5.32 Å². The van der Waals surface area contributed by atoms with Crippen LogP contribution in [0.3, 0.4) is 0 Å². The Morgan fingerprint density at radius 1 is 1.23 bits per heavy atom. The van der Waals surface area contributed by atoms with Gasteiger partial charge in [-0.1, -0.05) is 19.3 Å². The lowest BCUT2D eigenvalue weighted by atomic mass is 9.89. The van der Waals surface area contributed by atoms with Crippen LogP contribution in [0.5, 0.6) is 0 Å². The molecule has 0 saturated heterocycles. The van der Waals surface area contributed by atoms with E-state index in [1.54, 1.807) is 6.20 Å². The van der Waals surface area contributed by atoms with E-state index in [-0.39, 0.29) is 5.91 Å². The summed E-state index contributed by atoms with van der Waals surface area (Å²) >= 11 is 0. The lowest BCUT2D eigenvalue weighted by molar-refractivity contribution is 0.0945. The number of hydrogen-bond donors (Lipinski definition) is 2. The van der Waals surface area contributed by atoms with E-state index in [0.717, 1.165) is 12.2 Å². The second kappa shape index (κ2) is 5.71. The van der Waals surface area contributed by atoms with E-state index in [9.17, 15) is 4.79 Å². The first-order chi connectivity index (χ1) is 10.8. The Bertz CT molecular complexity index is 683. The molecule has 2 aromatic rings. The summed E-state index contributed by atoms with van der Waals surface area (Å²) in [5.41, 5.74) is 3.06. The highest BCUT2D eigenvalue weighted by molar-refractivity contribution is 6.04. The maximum atomic E-state index is 12.5. The lowest BCUT2D eigenvalue weighted by Gasteiger charge is -2.21. The van der Waals surface area contributed by atoms with Gasteiger partial charge in [0.05, 0.1) is 17.5 Å². The summed E-state index contributed by atoms with van der Waals surface area (Å²) in [6.45, 7) is 0.779. The third-order valence-electron chi connectivity index (χ3n) is 4.92. The van der Waals surface area contributed by atoms with Gasteiger partial charge in [-0.25, -0.2) is 9.97 Å². The standard InChI is InChI=1S/C17H22N4O/c22-17(20-8-11-4-2-1-3-5-11)13-9-18-16-15(13)21-14(10-19-16)12-6-7-12/h9-12H,1-8H2,(H,18,19)(H,20,22). The first-order valence-electron chi connectivity index (χ1n) is 8.43. The number of nitrogens with zero attached hydrogens (tertiary/aromatic N) is 2. The summed E-state index contributed by atoms with van der Waals surface area (Å²) in [7, 11) is 0. The van der Waals surface area contributed by atoms with Gasteiger partial charge in [0.1, 0.15) is 5.52 Å². The molecule has 5 nitrogen and oxygen atoms in total. The van der Waals surface area contributed by atoms with Crippen molar-refractivity contribution in [2.45, 2.75) is 50.9 Å². The number of H-pyrrole nitrogens is 1. The summed E-state index contributed by atoms with van der Waals surface area (Å²) in [5.74, 6) is 1.15. The number of hydrogen-bond acceptors (Lipinski definition) is 3.